The number of hydrogen-bond donors (Lipinski definition) is 1. The first-order chi connectivity index (χ1) is 9.56. The summed E-state index contributed by atoms with van der Waals surface area (Å²) in [5.74, 6) is 0. The van der Waals surface area contributed by atoms with Crippen molar-refractivity contribution in [3.05, 3.63) is 29.3 Å². The molecular weight excluding hydrogens is 248 g/mol. The molecule has 3 heteroatoms. The van der Waals surface area contributed by atoms with Crippen LogP contribution in [0.1, 0.15) is 37.3 Å². The van der Waals surface area contributed by atoms with Crippen LogP contribution in [0.15, 0.2) is 18.2 Å². The molecule has 1 heterocycles. The Morgan fingerprint density at radius 3 is 2.80 bits per heavy atom. The van der Waals surface area contributed by atoms with E-state index in [2.05, 4.69) is 44.0 Å². The third-order valence-corrected chi connectivity index (χ3v) is 4.06. The van der Waals surface area contributed by atoms with Crippen molar-refractivity contribution in [2.75, 3.05) is 25.1 Å². The summed E-state index contributed by atoms with van der Waals surface area (Å²) in [5, 5.41) is 0. The fourth-order valence-electron chi connectivity index (χ4n) is 2.86. The Morgan fingerprint density at radius 1 is 1.40 bits per heavy atom. The molecule has 0 amide bonds. The highest BCUT2D eigenvalue weighted by atomic mass is 16.5. The van der Waals surface area contributed by atoms with E-state index >= 15 is 0 Å². The molecule has 2 atom stereocenters. The molecule has 2 N–H and O–H groups in total. The molecule has 2 rings (SSSR count). The van der Waals surface area contributed by atoms with E-state index in [4.69, 9.17) is 10.5 Å². The Bertz CT molecular complexity index is 425. The smallest absolute Gasteiger partial charge is 0.0749 e. The van der Waals surface area contributed by atoms with E-state index in [1.807, 2.05) is 0 Å². The van der Waals surface area contributed by atoms with Gasteiger partial charge in [0.2, 0.25) is 0 Å². The fourth-order valence-corrected chi connectivity index (χ4v) is 2.86. The average Bonchev–Trinajstić information content (AvgIpc) is 2.41. The molecule has 0 radical (unpaired) electrons. The number of hydrogen-bond acceptors (Lipinski definition) is 3. The van der Waals surface area contributed by atoms with E-state index in [0.717, 1.165) is 19.6 Å². The number of nitrogens with two attached hydrogens (primary N) is 1. The molecule has 20 heavy (non-hydrogen) atoms. The summed E-state index contributed by atoms with van der Waals surface area (Å²) in [5.41, 5.74) is 9.84. The highest BCUT2D eigenvalue weighted by Gasteiger charge is 2.16. The van der Waals surface area contributed by atoms with E-state index in [9.17, 15) is 0 Å². The molecule has 1 aliphatic heterocycles. The lowest BCUT2D eigenvalue weighted by Gasteiger charge is -2.29. The summed E-state index contributed by atoms with van der Waals surface area (Å²) in [6.07, 6.45) is 5.03. The van der Waals surface area contributed by atoms with Crippen LogP contribution in [-0.4, -0.2) is 32.3 Å². The maximum absolute atomic E-state index is 5.89. The number of aryl methyl sites for hydroxylation is 1. The van der Waals surface area contributed by atoms with Gasteiger partial charge in [-0.3, -0.25) is 0 Å². The standard InChI is InChI=1S/C17H28N2O/c1-13-10-16(8-7-15(13)11-14(2)18)19(3)12-17-6-4-5-9-20-17/h7-8,10,14,17H,4-6,9,11-12,18H2,1-3H3. The highest BCUT2D eigenvalue weighted by Crippen LogP contribution is 2.21. The zero-order chi connectivity index (χ0) is 14.5. The molecule has 1 saturated heterocycles. The third-order valence-electron chi connectivity index (χ3n) is 4.06. The van der Waals surface area contributed by atoms with E-state index in [1.165, 1.54) is 36.1 Å². The second-order valence-corrected chi connectivity index (χ2v) is 6.16. The number of benzene rings is 1. The van der Waals surface area contributed by atoms with Crippen LogP contribution in [0, 0.1) is 6.92 Å². The summed E-state index contributed by atoms with van der Waals surface area (Å²) in [6.45, 7) is 6.13. The normalized spacial score (nSPS) is 20.7. The molecule has 0 aromatic heterocycles. The molecule has 0 saturated carbocycles. The van der Waals surface area contributed by atoms with E-state index in [0.29, 0.717) is 6.10 Å². The second-order valence-electron chi connectivity index (χ2n) is 6.16. The van der Waals surface area contributed by atoms with Crippen molar-refractivity contribution in [1.29, 1.82) is 0 Å². The van der Waals surface area contributed by atoms with Crippen molar-refractivity contribution in [2.45, 2.75) is 51.7 Å². The zero-order valence-electron chi connectivity index (χ0n) is 13.1. The van der Waals surface area contributed by atoms with Gasteiger partial charge in [-0.15, -0.1) is 0 Å². The lowest BCUT2D eigenvalue weighted by molar-refractivity contribution is 0.0216. The minimum atomic E-state index is 0.216. The van der Waals surface area contributed by atoms with Crippen LogP contribution in [-0.2, 0) is 11.2 Å². The van der Waals surface area contributed by atoms with Crippen LogP contribution in [0.2, 0.25) is 0 Å². The van der Waals surface area contributed by atoms with E-state index in [-0.39, 0.29) is 6.04 Å². The van der Waals surface area contributed by atoms with Gasteiger partial charge in [-0.2, -0.15) is 0 Å². The fraction of sp³-hybridized carbons (Fsp3) is 0.647. The number of nitrogens with zero attached hydrogens (tertiary/aromatic N) is 1. The molecule has 2 unspecified atom stereocenters. The van der Waals surface area contributed by atoms with E-state index in [1.54, 1.807) is 0 Å². The van der Waals surface area contributed by atoms with Gasteiger partial charge in [0.1, 0.15) is 0 Å². The first-order valence-electron chi connectivity index (χ1n) is 7.74. The maximum Gasteiger partial charge on any atom is 0.0749 e. The van der Waals surface area contributed by atoms with Gasteiger partial charge in [-0.1, -0.05) is 6.07 Å². The molecule has 0 bridgehead atoms. The molecule has 0 aliphatic carbocycles. The molecular formula is C17H28N2O. The Kier molecular flexibility index (Phi) is 5.44. The van der Waals surface area contributed by atoms with Crippen LogP contribution in [0.3, 0.4) is 0 Å². The lowest BCUT2D eigenvalue weighted by Crippen LogP contribution is -2.33. The van der Waals surface area contributed by atoms with E-state index < -0.39 is 0 Å². The molecule has 1 fully saturated rings. The predicted octanol–water partition coefficient (Wildman–Crippen LogP) is 2.89. The third kappa shape index (κ3) is 4.22. The Balaban J connectivity index is 1.98. The van der Waals surface area contributed by atoms with Crippen LogP contribution in [0.25, 0.3) is 0 Å². The predicted molar refractivity (Wildman–Crippen MR) is 85.4 cm³/mol. The summed E-state index contributed by atoms with van der Waals surface area (Å²) in [4.78, 5) is 2.30. The number of likely N-dealkylation sites (N-methyl/N-ethyl adjacent to an activating group) is 1. The minimum absolute atomic E-state index is 0.216. The summed E-state index contributed by atoms with van der Waals surface area (Å²) in [6, 6.07) is 6.90. The monoisotopic (exact) mass is 276 g/mol. The molecule has 112 valence electrons. The van der Waals surface area contributed by atoms with Crippen LogP contribution in [0.4, 0.5) is 5.69 Å². The lowest BCUT2D eigenvalue weighted by atomic mass is 10.0. The van der Waals surface area contributed by atoms with Crippen molar-refractivity contribution in [3.63, 3.8) is 0 Å². The molecule has 1 aromatic rings. The molecule has 0 spiro atoms. The van der Waals surface area contributed by atoms with Gasteiger partial charge in [0.05, 0.1) is 6.10 Å². The summed E-state index contributed by atoms with van der Waals surface area (Å²) in [7, 11) is 2.15. The number of ether oxygens (including phenoxy) is 1. The largest absolute Gasteiger partial charge is 0.376 e. The highest BCUT2D eigenvalue weighted by molar-refractivity contribution is 5.50. The molecule has 1 aliphatic rings. The number of anilines is 1. The quantitative estimate of drug-likeness (QED) is 0.898. The molecule has 1 aromatic carbocycles. The molecule has 3 nitrogen and oxygen atoms in total. The second kappa shape index (κ2) is 7.09. The van der Waals surface area contributed by atoms with Gasteiger partial charge in [0.15, 0.2) is 0 Å². The van der Waals surface area contributed by atoms with Crippen LogP contribution in [0.5, 0.6) is 0 Å². The SMILES string of the molecule is Cc1cc(N(C)CC2CCCCO2)ccc1CC(C)N. The van der Waals surface area contributed by atoms with Crippen molar-refractivity contribution < 1.29 is 4.74 Å². The van der Waals surface area contributed by atoms with Crippen LogP contribution >= 0.6 is 0 Å². The van der Waals surface area contributed by atoms with Gasteiger partial charge in [-0.25, -0.2) is 0 Å². The van der Waals surface area contributed by atoms with Gasteiger partial charge >= 0.3 is 0 Å². The topological polar surface area (TPSA) is 38.5 Å². The number of rotatable bonds is 5. The Labute approximate surface area is 123 Å². The van der Waals surface area contributed by atoms with Crippen molar-refractivity contribution in [1.82, 2.24) is 0 Å². The van der Waals surface area contributed by atoms with Gasteiger partial charge in [0, 0.05) is 31.9 Å². The zero-order valence-corrected chi connectivity index (χ0v) is 13.1. The minimum Gasteiger partial charge on any atom is -0.376 e. The average molecular weight is 276 g/mol. The Morgan fingerprint density at radius 2 is 2.20 bits per heavy atom. The Hall–Kier alpha value is -1.06. The summed E-state index contributed by atoms with van der Waals surface area (Å²) >= 11 is 0. The first kappa shape index (κ1) is 15.3. The van der Waals surface area contributed by atoms with Crippen molar-refractivity contribution in [3.8, 4) is 0 Å². The van der Waals surface area contributed by atoms with Crippen molar-refractivity contribution in [2.24, 2.45) is 5.73 Å². The van der Waals surface area contributed by atoms with Crippen molar-refractivity contribution >= 4 is 5.69 Å². The summed E-state index contributed by atoms with van der Waals surface area (Å²) < 4.78 is 5.82. The van der Waals surface area contributed by atoms with Gasteiger partial charge in [0.25, 0.3) is 0 Å². The van der Waals surface area contributed by atoms with Gasteiger partial charge < -0.3 is 15.4 Å². The van der Waals surface area contributed by atoms with Gasteiger partial charge in [-0.05, 0) is 62.8 Å². The maximum atomic E-state index is 5.89. The van der Waals surface area contributed by atoms with Crippen LogP contribution < -0.4 is 10.6 Å². The first-order valence-corrected chi connectivity index (χ1v) is 7.74.